The first kappa shape index (κ1) is 26.5. The maximum Gasteiger partial charge on any atom is 0.408 e. The molecule has 204 valence electrons. The monoisotopic (exact) mass is 531 g/mol. The van der Waals surface area contributed by atoms with Crippen molar-refractivity contribution in [2.24, 2.45) is 7.05 Å². The highest BCUT2D eigenvalue weighted by molar-refractivity contribution is 6.00. The molecule has 4 aromatic rings. The molecule has 0 saturated heterocycles. The molecule has 39 heavy (non-hydrogen) atoms. The van der Waals surface area contributed by atoms with Gasteiger partial charge in [0.15, 0.2) is 0 Å². The number of aliphatic hydroxyl groups excluding tert-OH is 1. The molecule has 1 aliphatic carbocycles. The van der Waals surface area contributed by atoms with Crippen molar-refractivity contribution in [2.75, 3.05) is 13.2 Å². The number of carbonyl (C=O) groups excluding carboxylic acids is 1. The van der Waals surface area contributed by atoms with E-state index in [0.717, 1.165) is 36.0 Å². The Morgan fingerprint density at radius 1 is 1.10 bits per heavy atom. The molecule has 9 nitrogen and oxygen atoms in total. The van der Waals surface area contributed by atoms with E-state index in [2.05, 4.69) is 10.3 Å². The van der Waals surface area contributed by atoms with Gasteiger partial charge in [-0.2, -0.15) is 4.98 Å². The number of carbonyl (C=O) groups is 1. The molecule has 2 aromatic carbocycles. The van der Waals surface area contributed by atoms with Crippen LogP contribution in [0.3, 0.4) is 0 Å². The van der Waals surface area contributed by atoms with Gasteiger partial charge in [-0.3, -0.25) is 9.36 Å². The highest BCUT2D eigenvalue weighted by Crippen LogP contribution is 2.44. The molecular weight excluding hydrogens is 498 g/mol. The van der Waals surface area contributed by atoms with Gasteiger partial charge in [0.05, 0.1) is 12.1 Å². The number of hydrogen-bond acceptors (Lipinski definition) is 7. The Kier molecular flexibility index (Phi) is 6.94. The van der Waals surface area contributed by atoms with E-state index in [9.17, 15) is 9.59 Å². The summed E-state index contributed by atoms with van der Waals surface area (Å²) in [5.41, 5.74) is 2.00. The Bertz CT molecular complexity index is 1540. The predicted octanol–water partition coefficient (Wildman–Crippen LogP) is 5.14. The number of rotatable bonds is 7. The van der Waals surface area contributed by atoms with Crippen LogP contribution in [-0.4, -0.2) is 39.6 Å². The average molecular weight is 532 g/mol. The molecule has 0 atom stereocenters. The molecule has 9 heteroatoms. The molecule has 1 saturated carbocycles. The van der Waals surface area contributed by atoms with Gasteiger partial charge in [0.1, 0.15) is 23.4 Å². The maximum atomic E-state index is 13.5. The molecule has 2 N–H and O–H groups in total. The van der Waals surface area contributed by atoms with E-state index in [-0.39, 0.29) is 30.5 Å². The summed E-state index contributed by atoms with van der Waals surface area (Å²) >= 11 is 0. The molecule has 2 heterocycles. The summed E-state index contributed by atoms with van der Waals surface area (Å²) in [4.78, 5) is 30.5. The van der Waals surface area contributed by atoms with Gasteiger partial charge in [0, 0.05) is 18.2 Å². The number of alkyl carbamates (subject to hydrolysis) is 1. The van der Waals surface area contributed by atoms with Crippen LogP contribution in [0.2, 0.25) is 0 Å². The second kappa shape index (κ2) is 10.2. The number of nitrogens with zero attached hydrogens (tertiary/aromatic N) is 2. The topological polar surface area (TPSA) is 116 Å². The molecule has 2 aromatic heterocycles. The van der Waals surface area contributed by atoms with Crippen LogP contribution in [0.25, 0.3) is 33.6 Å². The second-order valence-electron chi connectivity index (χ2n) is 10.8. The van der Waals surface area contributed by atoms with Crippen LogP contribution in [0.4, 0.5) is 4.79 Å². The first-order valence-electron chi connectivity index (χ1n) is 13.1. The number of nitrogens with one attached hydrogen (secondary N) is 1. The van der Waals surface area contributed by atoms with Gasteiger partial charge in [-0.1, -0.05) is 54.6 Å². The number of aliphatic hydroxyl groups is 1. The molecule has 1 fully saturated rings. The van der Waals surface area contributed by atoms with E-state index in [0.29, 0.717) is 16.7 Å². The summed E-state index contributed by atoms with van der Waals surface area (Å²) in [6.07, 6.45) is 2.22. The van der Waals surface area contributed by atoms with Crippen molar-refractivity contribution in [3.05, 3.63) is 70.5 Å². The van der Waals surface area contributed by atoms with Crippen molar-refractivity contribution in [3.8, 4) is 28.5 Å². The van der Waals surface area contributed by atoms with Gasteiger partial charge in [0.25, 0.3) is 5.56 Å². The lowest BCUT2D eigenvalue weighted by Crippen LogP contribution is -2.52. The van der Waals surface area contributed by atoms with Gasteiger partial charge < -0.3 is 24.3 Å². The van der Waals surface area contributed by atoms with Crippen LogP contribution in [0, 0.1) is 0 Å². The number of furan rings is 1. The summed E-state index contributed by atoms with van der Waals surface area (Å²) in [7, 11) is 1.58. The largest absolute Gasteiger partial charge is 0.462 e. The van der Waals surface area contributed by atoms with E-state index in [1.54, 1.807) is 7.05 Å². The van der Waals surface area contributed by atoms with Gasteiger partial charge in [-0.25, -0.2) is 4.79 Å². The minimum atomic E-state index is -0.581. The van der Waals surface area contributed by atoms with Gasteiger partial charge in [0.2, 0.25) is 5.71 Å². The highest BCUT2D eigenvalue weighted by Gasteiger charge is 2.41. The fourth-order valence-corrected chi connectivity index (χ4v) is 4.92. The first-order chi connectivity index (χ1) is 18.6. The minimum absolute atomic E-state index is 0.00539. The third-order valence-electron chi connectivity index (χ3n) is 6.92. The zero-order valence-corrected chi connectivity index (χ0v) is 22.6. The predicted molar refractivity (Wildman–Crippen MR) is 148 cm³/mol. The van der Waals surface area contributed by atoms with Crippen molar-refractivity contribution in [2.45, 2.75) is 51.2 Å². The number of benzene rings is 2. The molecule has 0 radical (unpaired) electrons. The summed E-state index contributed by atoms with van der Waals surface area (Å²) in [5.74, 6) is 0.509. The standard InChI is InChI=1S/C30H33N3O6/c1-29(2,3)39-28(36)32-30(15-8-16-30)21-13-11-20(12-14-21)24-22(19-9-6-5-7-10-19)23-25(38-24)31-27(37-18-17-34)33(4)26(23)35/h5-7,9-14,34H,8,15-18H2,1-4H3,(H,32,36). The number of ether oxygens (including phenoxy) is 2. The third-order valence-corrected chi connectivity index (χ3v) is 6.92. The van der Waals surface area contributed by atoms with Crippen LogP contribution in [0.1, 0.15) is 45.6 Å². The van der Waals surface area contributed by atoms with E-state index in [1.165, 1.54) is 4.57 Å². The normalized spacial score (nSPS) is 14.6. The number of hydrogen-bond donors (Lipinski definition) is 2. The van der Waals surface area contributed by atoms with Crippen LogP contribution >= 0.6 is 0 Å². The van der Waals surface area contributed by atoms with E-state index in [1.807, 2.05) is 75.4 Å². The van der Waals surface area contributed by atoms with Crippen LogP contribution in [0.15, 0.2) is 63.8 Å². The smallest absolute Gasteiger partial charge is 0.408 e. The molecule has 1 amide bonds. The summed E-state index contributed by atoms with van der Waals surface area (Å²) in [5, 5.41) is 12.6. The van der Waals surface area contributed by atoms with Crippen LogP contribution in [0.5, 0.6) is 6.01 Å². The van der Waals surface area contributed by atoms with Crippen molar-refractivity contribution in [1.82, 2.24) is 14.9 Å². The fraction of sp³-hybridized carbons (Fsp3) is 0.367. The van der Waals surface area contributed by atoms with Gasteiger partial charge in [-0.05, 0) is 51.2 Å². The number of fused-ring (bicyclic) bond motifs is 1. The molecule has 0 spiro atoms. The molecule has 0 bridgehead atoms. The molecule has 0 unspecified atom stereocenters. The van der Waals surface area contributed by atoms with Crippen molar-refractivity contribution in [1.29, 1.82) is 0 Å². The second-order valence-corrected chi connectivity index (χ2v) is 10.8. The Balaban J connectivity index is 1.57. The lowest BCUT2D eigenvalue weighted by Gasteiger charge is -2.43. The summed E-state index contributed by atoms with van der Waals surface area (Å²) < 4.78 is 18.5. The maximum absolute atomic E-state index is 13.5. The Labute approximate surface area is 226 Å². The lowest BCUT2D eigenvalue weighted by molar-refractivity contribution is 0.0377. The zero-order valence-electron chi connectivity index (χ0n) is 22.6. The minimum Gasteiger partial charge on any atom is -0.462 e. The van der Waals surface area contributed by atoms with E-state index >= 15 is 0 Å². The van der Waals surface area contributed by atoms with Gasteiger partial charge >= 0.3 is 12.1 Å². The van der Waals surface area contributed by atoms with Crippen LogP contribution < -0.4 is 15.6 Å². The fourth-order valence-electron chi connectivity index (χ4n) is 4.92. The van der Waals surface area contributed by atoms with E-state index in [4.69, 9.17) is 19.0 Å². The van der Waals surface area contributed by atoms with Gasteiger partial charge in [-0.15, -0.1) is 0 Å². The van der Waals surface area contributed by atoms with E-state index < -0.39 is 17.2 Å². The van der Waals surface area contributed by atoms with Crippen LogP contribution in [-0.2, 0) is 17.3 Å². The quantitative estimate of drug-likeness (QED) is 0.339. The average Bonchev–Trinajstić information content (AvgIpc) is 3.27. The molecule has 0 aliphatic heterocycles. The SMILES string of the molecule is Cn1c(OCCO)nc2oc(-c3ccc(C4(NC(=O)OC(C)(C)C)CCC4)cc3)c(-c3ccccc3)c2c1=O. The van der Waals surface area contributed by atoms with Crippen molar-refractivity contribution < 1.29 is 23.8 Å². The Morgan fingerprint density at radius 2 is 1.79 bits per heavy atom. The lowest BCUT2D eigenvalue weighted by atomic mass is 9.71. The number of amides is 1. The molecule has 1 aliphatic rings. The zero-order chi connectivity index (χ0) is 27.8. The molecular formula is C30H33N3O6. The Morgan fingerprint density at radius 3 is 2.38 bits per heavy atom. The van der Waals surface area contributed by atoms with Crippen molar-refractivity contribution in [3.63, 3.8) is 0 Å². The third kappa shape index (κ3) is 5.14. The summed E-state index contributed by atoms with van der Waals surface area (Å²) in [6, 6.07) is 17.5. The molecule has 5 rings (SSSR count). The van der Waals surface area contributed by atoms with Crippen molar-refractivity contribution >= 4 is 17.2 Å². The first-order valence-corrected chi connectivity index (χ1v) is 13.1. The summed E-state index contributed by atoms with van der Waals surface area (Å²) in [6.45, 7) is 5.33. The highest BCUT2D eigenvalue weighted by atomic mass is 16.6. The Hall–Kier alpha value is -4.11. The number of aromatic nitrogens is 2.